The molecular weight excluding hydrogens is 388 g/mol. The lowest BCUT2D eigenvalue weighted by molar-refractivity contribution is -0.119. The van der Waals surface area contributed by atoms with Crippen LogP contribution < -0.4 is 5.32 Å². The Hall–Kier alpha value is -1.60. The van der Waals surface area contributed by atoms with Crippen molar-refractivity contribution >= 4 is 33.6 Å². The molecule has 0 unspecified atom stereocenters. The van der Waals surface area contributed by atoms with Crippen molar-refractivity contribution in [1.82, 2.24) is 20.1 Å². The molecular formula is C17H21BrN4OS. The average Bonchev–Trinajstić information content (AvgIpc) is 2.87. The highest BCUT2D eigenvalue weighted by atomic mass is 79.9. The Kier molecular flexibility index (Phi) is 6.23. The van der Waals surface area contributed by atoms with Crippen LogP contribution in [0.25, 0.3) is 11.4 Å². The molecule has 0 atom stereocenters. The highest BCUT2D eigenvalue weighted by Gasteiger charge is 2.17. The number of allylic oxidation sites excluding steroid dienone is 1. The Balaban J connectivity index is 2.19. The molecule has 24 heavy (non-hydrogen) atoms. The Morgan fingerprint density at radius 3 is 2.79 bits per heavy atom. The minimum absolute atomic E-state index is 0.0235. The van der Waals surface area contributed by atoms with E-state index in [4.69, 9.17) is 0 Å². The van der Waals surface area contributed by atoms with Crippen molar-refractivity contribution in [2.45, 2.75) is 38.0 Å². The van der Waals surface area contributed by atoms with Crippen LogP contribution in [0, 0.1) is 0 Å². The quantitative estimate of drug-likeness (QED) is 0.581. The molecule has 0 saturated carbocycles. The molecule has 0 radical (unpaired) electrons. The molecule has 1 amide bonds. The van der Waals surface area contributed by atoms with E-state index in [0.717, 1.165) is 15.9 Å². The molecule has 7 heteroatoms. The van der Waals surface area contributed by atoms with Gasteiger partial charge in [-0.15, -0.1) is 16.8 Å². The maximum atomic E-state index is 12.0. The molecule has 128 valence electrons. The second-order valence-corrected chi connectivity index (χ2v) is 8.16. The van der Waals surface area contributed by atoms with Crippen molar-refractivity contribution in [1.29, 1.82) is 0 Å². The van der Waals surface area contributed by atoms with Crippen LogP contribution >= 0.6 is 27.7 Å². The zero-order valence-electron chi connectivity index (χ0n) is 14.0. The van der Waals surface area contributed by atoms with Crippen LogP contribution in [-0.2, 0) is 11.3 Å². The smallest absolute Gasteiger partial charge is 0.230 e. The van der Waals surface area contributed by atoms with E-state index in [1.807, 2.05) is 49.6 Å². The van der Waals surface area contributed by atoms with E-state index in [-0.39, 0.29) is 11.4 Å². The number of hydrogen-bond acceptors (Lipinski definition) is 4. The molecule has 2 aromatic rings. The lowest BCUT2D eigenvalue weighted by Crippen LogP contribution is -2.41. The molecule has 2 rings (SSSR count). The fourth-order valence-corrected chi connectivity index (χ4v) is 3.26. The van der Waals surface area contributed by atoms with Crippen molar-refractivity contribution in [3.63, 3.8) is 0 Å². The summed E-state index contributed by atoms with van der Waals surface area (Å²) >= 11 is 4.85. The van der Waals surface area contributed by atoms with Crippen molar-refractivity contribution < 1.29 is 4.79 Å². The van der Waals surface area contributed by atoms with Crippen LogP contribution in [0.1, 0.15) is 20.8 Å². The summed E-state index contributed by atoms with van der Waals surface area (Å²) < 4.78 is 2.94. The van der Waals surface area contributed by atoms with Gasteiger partial charge in [-0.2, -0.15) is 0 Å². The summed E-state index contributed by atoms with van der Waals surface area (Å²) in [6, 6.07) is 7.89. The fourth-order valence-electron chi connectivity index (χ4n) is 2.11. The highest BCUT2D eigenvalue weighted by molar-refractivity contribution is 9.10. The van der Waals surface area contributed by atoms with Gasteiger partial charge in [-0.25, -0.2) is 0 Å². The van der Waals surface area contributed by atoms with Crippen LogP contribution in [0.15, 0.2) is 46.5 Å². The Labute approximate surface area is 155 Å². The van der Waals surface area contributed by atoms with Crippen LogP contribution in [0.3, 0.4) is 0 Å². The summed E-state index contributed by atoms with van der Waals surface area (Å²) in [6.45, 7) is 10.3. The Morgan fingerprint density at radius 1 is 1.42 bits per heavy atom. The molecule has 1 aromatic heterocycles. The van der Waals surface area contributed by atoms with Gasteiger partial charge in [0, 0.05) is 22.1 Å². The first kappa shape index (κ1) is 18.7. The lowest BCUT2D eigenvalue weighted by Gasteiger charge is -2.20. The van der Waals surface area contributed by atoms with E-state index in [1.165, 1.54) is 11.8 Å². The van der Waals surface area contributed by atoms with Gasteiger partial charge < -0.3 is 5.32 Å². The number of carbonyl (C=O) groups excluding carboxylic acids is 1. The summed E-state index contributed by atoms with van der Waals surface area (Å²) in [5.41, 5.74) is 0.721. The Bertz CT molecular complexity index is 736. The second-order valence-electron chi connectivity index (χ2n) is 6.30. The summed E-state index contributed by atoms with van der Waals surface area (Å²) in [5, 5.41) is 12.2. The summed E-state index contributed by atoms with van der Waals surface area (Å²) in [6.07, 6.45) is 1.80. The van der Waals surface area contributed by atoms with Gasteiger partial charge in [0.1, 0.15) is 0 Å². The lowest BCUT2D eigenvalue weighted by atomic mass is 10.1. The van der Waals surface area contributed by atoms with Gasteiger partial charge in [-0.05, 0) is 32.9 Å². The minimum Gasteiger partial charge on any atom is -0.351 e. The molecule has 0 saturated heterocycles. The van der Waals surface area contributed by atoms with Crippen LogP contribution in [0.2, 0.25) is 0 Å². The van der Waals surface area contributed by atoms with E-state index in [1.54, 1.807) is 6.08 Å². The number of aromatic nitrogens is 3. The van der Waals surface area contributed by atoms with Crippen LogP contribution in [0.5, 0.6) is 0 Å². The first-order valence-electron chi connectivity index (χ1n) is 7.54. The molecule has 0 spiro atoms. The number of nitrogens with zero attached hydrogens (tertiary/aromatic N) is 3. The largest absolute Gasteiger partial charge is 0.351 e. The molecule has 1 N–H and O–H groups in total. The third kappa shape index (κ3) is 5.21. The molecule has 0 fully saturated rings. The third-order valence-corrected chi connectivity index (χ3v) is 4.42. The topological polar surface area (TPSA) is 59.8 Å². The van der Waals surface area contributed by atoms with Gasteiger partial charge in [0.05, 0.1) is 5.75 Å². The molecule has 0 aliphatic carbocycles. The average molecular weight is 409 g/mol. The first-order valence-corrected chi connectivity index (χ1v) is 9.32. The van der Waals surface area contributed by atoms with Gasteiger partial charge >= 0.3 is 0 Å². The zero-order valence-corrected chi connectivity index (χ0v) is 16.4. The van der Waals surface area contributed by atoms with E-state index in [9.17, 15) is 4.79 Å². The summed E-state index contributed by atoms with van der Waals surface area (Å²) in [5.74, 6) is 1.03. The number of halogens is 1. The van der Waals surface area contributed by atoms with Crippen molar-refractivity contribution in [2.75, 3.05) is 5.75 Å². The SMILES string of the molecule is C=CCn1c(SCC(=O)NC(C)(C)C)nnc1-c1cccc(Br)c1. The predicted molar refractivity (Wildman–Crippen MR) is 102 cm³/mol. The number of nitrogens with one attached hydrogen (secondary N) is 1. The monoisotopic (exact) mass is 408 g/mol. The summed E-state index contributed by atoms with van der Waals surface area (Å²) in [7, 11) is 0. The molecule has 1 aromatic carbocycles. The first-order chi connectivity index (χ1) is 11.3. The van der Waals surface area contributed by atoms with Gasteiger partial charge in [0.25, 0.3) is 0 Å². The van der Waals surface area contributed by atoms with E-state index >= 15 is 0 Å². The number of rotatable bonds is 6. The Morgan fingerprint density at radius 2 is 2.17 bits per heavy atom. The van der Waals surface area contributed by atoms with Gasteiger partial charge in [-0.1, -0.05) is 45.9 Å². The number of amides is 1. The normalized spacial score (nSPS) is 11.3. The van der Waals surface area contributed by atoms with Crippen molar-refractivity contribution in [2.24, 2.45) is 0 Å². The maximum Gasteiger partial charge on any atom is 0.230 e. The molecule has 5 nitrogen and oxygen atoms in total. The standard InChI is InChI=1S/C17H21BrN4OS/c1-5-9-22-15(12-7-6-8-13(18)10-12)20-21-16(22)24-11-14(23)19-17(2,3)4/h5-8,10H,1,9,11H2,2-4H3,(H,19,23). The van der Waals surface area contributed by atoms with Gasteiger partial charge in [-0.3, -0.25) is 9.36 Å². The molecule has 0 bridgehead atoms. The van der Waals surface area contributed by atoms with Crippen molar-refractivity contribution in [3.8, 4) is 11.4 Å². The molecule has 0 aliphatic rings. The number of carbonyl (C=O) groups is 1. The zero-order chi connectivity index (χ0) is 17.7. The number of hydrogen-bond donors (Lipinski definition) is 1. The fraction of sp³-hybridized carbons (Fsp3) is 0.353. The van der Waals surface area contributed by atoms with E-state index in [0.29, 0.717) is 17.5 Å². The van der Waals surface area contributed by atoms with E-state index in [2.05, 4.69) is 38.0 Å². The third-order valence-electron chi connectivity index (χ3n) is 2.96. The van der Waals surface area contributed by atoms with Gasteiger partial charge in [0.15, 0.2) is 11.0 Å². The number of thioether (sulfide) groups is 1. The van der Waals surface area contributed by atoms with Crippen LogP contribution in [0.4, 0.5) is 0 Å². The molecule has 0 aliphatic heterocycles. The highest BCUT2D eigenvalue weighted by Crippen LogP contribution is 2.26. The van der Waals surface area contributed by atoms with Gasteiger partial charge in [0.2, 0.25) is 5.91 Å². The summed E-state index contributed by atoms with van der Waals surface area (Å²) in [4.78, 5) is 12.0. The van der Waals surface area contributed by atoms with E-state index < -0.39 is 0 Å². The minimum atomic E-state index is -0.242. The van der Waals surface area contributed by atoms with Crippen molar-refractivity contribution in [3.05, 3.63) is 41.4 Å². The number of benzene rings is 1. The predicted octanol–water partition coefficient (Wildman–Crippen LogP) is 3.90. The van der Waals surface area contributed by atoms with Crippen LogP contribution in [-0.4, -0.2) is 32.0 Å². The second kappa shape index (κ2) is 7.98. The molecule has 1 heterocycles. The maximum absolute atomic E-state index is 12.0.